The first-order chi connectivity index (χ1) is 13.8. The number of anilines is 2. The van der Waals surface area contributed by atoms with Crippen molar-refractivity contribution in [3.63, 3.8) is 0 Å². The second-order valence-electron chi connectivity index (χ2n) is 6.22. The van der Waals surface area contributed by atoms with E-state index in [1.165, 1.54) is 31.2 Å². The highest BCUT2D eigenvalue weighted by molar-refractivity contribution is 6.00. The second-order valence-corrected chi connectivity index (χ2v) is 6.22. The summed E-state index contributed by atoms with van der Waals surface area (Å²) in [6, 6.07) is 12.1. The number of para-hydroxylation sites is 2. The van der Waals surface area contributed by atoms with Crippen molar-refractivity contribution in [2.45, 2.75) is 25.6 Å². The van der Waals surface area contributed by atoms with Gasteiger partial charge in [-0.15, -0.1) is 0 Å². The smallest absolute Gasteiger partial charge is 0.310 e. The molecule has 2 atom stereocenters. The molecule has 150 valence electrons. The Morgan fingerprint density at radius 1 is 1.28 bits per heavy atom. The van der Waals surface area contributed by atoms with Crippen LogP contribution >= 0.6 is 0 Å². The molecule has 0 unspecified atom stereocenters. The number of fused-ring (bicyclic) bond motifs is 1. The third-order valence-corrected chi connectivity index (χ3v) is 4.06. The predicted molar refractivity (Wildman–Crippen MR) is 101 cm³/mol. The van der Waals surface area contributed by atoms with Gasteiger partial charge >= 0.3 is 5.97 Å². The number of hydrogen-bond donors (Lipinski definition) is 2. The van der Waals surface area contributed by atoms with Crippen LogP contribution in [0.4, 0.5) is 17.1 Å². The van der Waals surface area contributed by atoms with Crippen molar-refractivity contribution in [3.05, 3.63) is 58.6 Å². The minimum atomic E-state index is -1.18. The van der Waals surface area contributed by atoms with Crippen LogP contribution in [0.15, 0.2) is 48.5 Å². The Morgan fingerprint density at radius 3 is 2.79 bits per heavy atom. The molecule has 1 heterocycles. The number of nitrogens with zero attached hydrogens (tertiary/aromatic N) is 1. The van der Waals surface area contributed by atoms with Crippen LogP contribution in [0.5, 0.6) is 5.75 Å². The molecule has 2 aromatic carbocycles. The van der Waals surface area contributed by atoms with Crippen molar-refractivity contribution < 1.29 is 28.8 Å². The van der Waals surface area contributed by atoms with Gasteiger partial charge < -0.3 is 20.1 Å². The van der Waals surface area contributed by atoms with Crippen molar-refractivity contribution >= 4 is 34.8 Å². The van der Waals surface area contributed by atoms with Gasteiger partial charge in [0.15, 0.2) is 12.2 Å². The Hall–Kier alpha value is -3.95. The number of nitro groups is 1. The molecule has 29 heavy (non-hydrogen) atoms. The monoisotopic (exact) mass is 399 g/mol. The molecule has 0 aromatic heterocycles. The van der Waals surface area contributed by atoms with Crippen molar-refractivity contribution in [2.75, 3.05) is 10.6 Å². The van der Waals surface area contributed by atoms with E-state index in [4.69, 9.17) is 9.47 Å². The summed E-state index contributed by atoms with van der Waals surface area (Å²) in [6.45, 7) is 1.35. The average Bonchev–Trinajstić information content (AvgIpc) is 2.68. The van der Waals surface area contributed by atoms with E-state index in [2.05, 4.69) is 10.6 Å². The quantitative estimate of drug-likeness (QED) is 0.432. The zero-order valence-corrected chi connectivity index (χ0v) is 15.3. The molecule has 0 saturated carbocycles. The summed E-state index contributed by atoms with van der Waals surface area (Å²) in [7, 11) is 0. The third kappa shape index (κ3) is 4.86. The summed E-state index contributed by atoms with van der Waals surface area (Å²) in [5, 5.41) is 15.9. The molecule has 1 aliphatic rings. The molecule has 0 aliphatic carbocycles. The Bertz CT molecular complexity index is 976. The van der Waals surface area contributed by atoms with Gasteiger partial charge in [-0.3, -0.25) is 24.5 Å². The van der Waals surface area contributed by atoms with Crippen LogP contribution in [-0.2, 0) is 19.1 Å². The summed E-state index contributed by atoms with van der Waals surface area (Å²) in [4.78, 5) is 46.6. The van der Waals surface area contributed by atoms with E-state index in [1.54, 1.807) is 24.3 Å². The number of rotatable bonds is 6. The van der Waals surface area contributed by atoms with Gasteiger partial charge in [-0.2, -0.15) is 0 Å². The number of ether oxygens (including phenoxy) is 2. The van der Waals surface area contributed by atoms with Crippen LogP contribution in [0.1, 0.15) is 13.3 Å². The SMILES string of the molecule is C[C@@H](OC(=O)C[C@@H]1Oc2ccccc2NC1=O)C(=O)Nc1cccc([N+](=O)[O-])c1. The Kier molecular flexibility index (Phi) is 5.72. The van der Waals surface area contributed by atoms with Crippen LogP contribution in [0.25, 0.3) is 0 Å². The Balaban J connectivity index is 1.55. The first kappa shape index (κ1) is 19.8. The summed E-state index contributed by atoms with van der Waals surface area (Å²) in [5.41, 5.74) is 0.513. The van der Waals surface area contributed by atoms with Crippen molar-refractivity contribution in [2.24, 2.45) is 0 Å². The van der Waals surface area contributed by atoms with Gasteiger partial charge in [-0.25, -0.2) is 0 Å². The minimum Gasteiger partial charge on any atom is -0.478 e. The van der Waals surface area contributed by atoms with E-state index in [9.17, 15) is 24.5 Å². The number of non-ortho nitro benzene ring substituents is 1. The fourth-order valence-corrected chi connectivity index (χ4v) is 2.62. The number of hydrogen-bond acceptors (Lipinski definition) is 7. The summed E-state index contributed by atoms with van der Waals surface area (Å²) < 4.78 is 10.6. The lowest BCUT2D eigenvalue weighted by atomic mass is 10.1. The molecule has 10 heteroatoms. The van der Waals surface area contributed by atoms with Crippen LogP contribution in [0, 0.1) is 10.1 Å². The largest absolute Gasteiger partial charge is 0.478 e. The fourth-order valence-electron chi connectivity index (χ4n) is 2.62. The molecule has 2 amide bonds. The van der Waals surface area contributed by atoms with E-state index in [0.717, 1.165) is 0 Å². The van der Waals surface area contributed by atoms with Gasteiger partial charge in [-0.1, -0.05) is 18.2 Å². The number of benzene rings is 2. The van der Waals surface area contributed by atoms with Gasteiger partial charge in [0.2, 0.25) is 0 Å². The van der Waals surface area contributed by atoms with Gasteiger partial charge in [0.05, 0.1) is 17.0 Å². The minimum absolute atomic E-state index is 0.187. The van der Waals surface area contributed by atoms with Crippen molar-refractivity contribution in [3.8, 4) is 5.75 Å². The van der Waals surface area contributed by atoms with E-state index in [-0.39, 0.29) is 17.8 Å². The summed E-state index contributed by atoms with van der Waals surface area (Å²) in [5.74, 6) is -1.53. The van der Waals surface area contributed by atoms with Crippen LogP contribution in [0.3, 0.4) is 0 Å². The average molecular weight is 399 g/mol. The standard InChI is InChI=1S/C19H17N3O7/c1-11(18(24)20-12-5-4-6-13(9-12)22(26)27)28-17(23)10-16-19(25)21-14-7-2-3-8-15(14)29-16/h2-9,11,16H,10H2,1H3,(H,20,24)(H,21,25)/t11-,16+/m1/s1. The number of amides is 2. The van der Waals surface area contributed by atoms with Crippen LogP contribution in [-0.4, -0.2) is 34.9 Å². The lowest BCUT2D eigenvalue weighted by Gasteiger charge is -2.25. The van der Waals surface area contributed by atoms with Gasteiger partial charge in [0, 0.05) is 17.8 Å². The maximum absolute atomic E-state index is 12.2. The molecular weight excluding hydrogens is 382 g/mol. The Labute approximate surface area is 165 Å². The molecular formula is C19H17N3O7. The molecule has 0 saturated heterocycles. The zero-order chi connectivity index (χ0) is 21.0. The highest BCUT2D eigenvalue weighted by Crippen LogP contribution is 2.29. The maximum Gasteiger partial charge on any atom is 0.310 e. The summed E-state index contributed by atoms with van der Waals surface area (Å²) >= 11 is 0. The number of esters is 1. The molecule has 0 bridgehead atoms. The van der Waals surface area contributed by atoms with Gasteiger partial charge in [0.25, 0.3) is 17.5 Å². The molecule has 10 nitrogen and oxygen atoms in total. The highest BCUT2D eigenvalue weighted by Gasteiger charge is 2.31. The number of nitro benzene ring substituents is 1. The van der Waals surface area contributed by atoms with E-state index in [1.807, 2.05) is 0 Å². The van der Waals surface area contributed by atoms with Crippen LogP contribution < -0.4 is 15.4 Å². The lowest BCUT2D eigenvalue weighted by molar-refractivity contribution is -0.384. The summed E-state index contributed by atoms with van der Waals surface area (Å²) in [6.07, 6.45) is -2.64. The van der Waals surface area contributed by atoms with E-state index >= 15 is 0 Å². The van der Waals surface area contributed by atoms with Crippen molar-refractivity contribution in [1.29, 1.82) is 0 Å². The predicted octanol–water partition coefficient (Wildman–Crippen LogP) is 2.25. The van der Waals surface area contributed by atoms with Crippen LogP contribution in [0.2, 0.25) is 0 Å². The maximum atomic E-state index is 12.2. The number of nitrogens with one attached hydrogen (secondary N) is 2. The molecule has 0 spiro atoms. The molecule has 0 fully saturated rings. The topological polar surface area (TPSA) is 137 Å². The normalized spacial score (nSPS) is 15.9. The number of carbonyl (C=O) groups excluding carboxylic acids is 3. The molecule has 2 N–H and O–H groups in total. The van der Waals surface area contributed by atoms with E-state index < -0.39 is 34.9 Å². The third-order valence-electron chi connectivity index (χ3n) is 4.06. The van der Waals surface area contributed by atoms with Crippen molar-refractivity contribution in [1.82, 2.24) is 0 Å². The molecule has 1 aliphatic heterocycles. The Morgan fingerprint density at radius 2 is 2.03 bits per heavy atom. The molecule has 0 radical (unpaired) electrons. The first-order valence-electron chi connectivity index (χ1n) is 8.65. The lowest BCUT2D eigenvalue weighted by Crippen LogP contribution is -2.40. The zero-order valence-electron chi connectivity index (χ0n) is 15.3. The van der Waals surface area contributed by atoms with Gasteiger partial charge in [0.1, 0.15) is 5.75 Å². The molecule has 3 rings (SSSR count). The fraction of sp³-hybridized carbons (Fsp3) is 0.211. The van der Waals surface area contributed by atoms with Gasteiger partial charge in [-0.05, 0) is 25.1 Å². The van der Waals surface area contributed by atoms with E-state index in [0.29, 0.717) is 11.4 Å². The molecule has 2 aromatic rings. The second kappa shape index (κ2) is 8.38. The highest BCUT2D eigenvalue weighted by atomic mass is 16.6. The first-order valence-corrected chi connectivity index (χ1v) is 8.65. The number of carbonyl (C=O) groups is 3.